The summed E-state index contributed by atoms with van der Waals surface area (Å²) >= 11 is 3.46. The number of methoxy groups -OCH3 is 1. The Bertz CT molecular complexity index is 406. The highest BCUT2D eigenvalue weighted by atomic mass is 79.9. The summed E-state index contributed by atoms with van der Waals surface area (Å²) in [5.41, 5.74) is 2.52. The molecule has 0 aromatic heterocycles. The van der Waals surface area contributed by atoms with E-state index >= 15 is 0 Å². The van der Waals surface area contributed by atoms with Gasteiger partial charge in [-0.3, -0.25) is 4.79 Å². The highest BCUT2D eigenvalue weighted by Gasteiger charge is 2.22. The summed E-state index contributed by atoms with van der Waals surface area (Å²) < 4.78 is 5.75. The Morgan fingerprint density at radius 3 is 3.19 bits per heavy atom. The molecule has 0 bridgehead atoms. The number of hydrogen-bond acceptors (Lipinski definition) is 3. The summed E-state index contributed by atoms with van der Waals surface area (Å²) in [4.78, 5) is 11.3. The van der Waals surface area contributed by atoms with Crippen LogP contribution in [0.4, 0.5) is 0 Å². The van der Waals surface area contributed by atoms with Crippen LogP contribution >= 0.6 is 15.9 Å². The number of carbonyl (C=O) groups is 1. The van der Waals surface area contributed by atoms with Crippen LogP contribution in [0.15, 0.2) is 22.7 Å². The van der Waals surface area contributed by atoms with Crippen molar-refractivity contribution in [1.29, 1.82) is 0 Å². The Morgan fingerprint density at radius 1 is 1.62 bits per heavy atom. The topological polar surface area (TPSA) is 38.3 Å². The molecule has 0 amide bonds. The number of hydrogen-bond donors (Lipinski definition) is 1. The van der Waals surface area contributed by atoms with Gasteiger partial charge in [-0.15, -0.1) is 0 Å². The van der Waals surface area contributed by atoms with Gasteiger partial charge in [0, 0.05) is 10.5 Å². The van der Waals surface area contributed by atoms with Gasteiger partial charge in [-0.1, -0.05) is 22.0 Å². The number of ether oxygens (including phenoxy) is 1. The van der Waals surface area contributed by atoms with E-state index in [1.165, 1.54) is 18.2 Å². The van der Waals surface area contributed by atoms with Crippen LogP contribution in [0, 0.1) is 0 Å². The van der Waals surface area contributed by atoms with E-state index in [-0.39, 0.29) is 12.0 Å². The number of carbonyl (C=O) groups excluding carboxylic acids is 1. The molecule has 2 rings (SSSR count). The zero-order valence-electron chi connectivity index (χ0n) is 9.13. The van der Waals surface area contributed by atoms with E-state index in [4.69, 9.17) is 4.74 Å². The third-order valence-corrected chi connectivity index (χ3v) is 3.36. The summed E-state index contributed by atoms with van der Waals surface area (Å²) in [5.74, 6) is -0.176. The van der Waals surface area contributed by atoms with Crippen molar-refractivity contribution < 1.29 is 9.53 Å². The van der Waals surface area contributed by atoms with Crippen LogP contribution < -0.4 is 5.32 Å². The Labute approximate surface area is 103 Å². The van der Waals surface area contributed by atoms with Crippen molar-refractivity contribution in [2.45, 2.75) is 18.9 Å². The quantitative estimate of drug-likeness (QED) is 0.846. The minimum Gasteiger partial charge on any atom is -0.469 e. The van der Waals surface area contributed by atoms with E-state index in [1.807, 2.05) is 6.07 Å². The monoisotopic (exact) mass is 283 g/mol. The van der Waals surface area contributed by atoms with Crippen molar-refractivity contribution in [3.05, 3.63) is 33.8 Å². The lowest BCUT2D eigenvalue weighted by Gasteiger charge is -2.26. The molecular formula is C12H14BrNO2. The third-order valence-electron chi connectivity index (χ3n) is 2.87. The summed E-state index contributed by atoms with van der Waals surface area (Å²) in [6.07, 6.45) is 1.40. The van der Waals surface area contributed by atoms with Crippen molar-refractivity contribution in [2.24, 2.45) is 0 Å². The maximum absolute atomic E-state index is 11.3. The lowest BCUT2D eigenvalue weighted by atomic mass is 9.93. The number of nitrogens with one attached hydrogen (secondary N) is 1. The van der Waals surface area contributed by atoms with Gasteiger partial charge in [0.15, 0.2) is 0 Å². The summed E-state index contributed by atoms with van der Waals surface area (Å²) in [5, 5.41) is 3.35. The minimum atomic E-state index is -0.176. The summed E-state index contributed by atoms with van der Waals surface area (Å²) in [6, 6.07) is 6.31. The van der Waals surface area contributed by atoms with Crippen LogP contribution in [0.2, 0.25) is 0 Å². The van der Waals surface area contributed by atoms with Crippen LogP contribution in [0.1, 0.15) is 23.6 Å². The van der Waals surface area contributed by atoms with Gasteiger partial charge in [-0.25, -0.2) is 0 Å². The molecule has 86 valence electrons. The molecule has 4 heteroatoms. The summed E-state index contributed by atoms with van der Waals surface area (Å²) in [6.45, 7) is 0.913. The molecular weight excluding hydrogens is 270 g/mol. The number of halogens is 1. The summed E-state index contributed by atoms with van der Waals surface area (Å²) in [7, 11) is 1.42. The lowest BCUT2D eigenvalue weighted by molar-refractivity contribution is -0.141. The van der Waals surface area contributed by atoms with Crippen molar-refractivity contribution in [3.63, 3.8) is 0 Å². The Kier molecular flexibility index (Phi) is 3.61. The van der Waals surface area contributed by atoms with Gasteiger partial charge in [-0.05, 0) is 36.2 Å². The molecule has 0 saturated heterocycles. The largest absolute Gasteiger partial charge is 0.469 e. The molecule has 3 nitrogen and oxygen atoms in total. The van der Waals surface area contributed by atoms with Crippen LogP contribution in [0.5, 0.6) is 0 Å². The molecule has 16 heavy (non-hydrogen) atoms. The first kappa shape index (κ1) is 11.6. The maximum atomic E-state index is 11.3. The molecule has 1 unspecified atom stereocenters. The van der Waals surface area contributed by atoms with E-state index in [9.17, 15) is 4.79 Å². The second-order valence-corrected chi connectivity index (χ2v) is 4.80. The third kappa shape index (κ3) is 2.44. The molecule has 0 radical (unpaired) electrons. The molecule has 0 saturated carbocycles. The van der Waals surface area contributed by atoms with Crippen LogP contribution in [-0.2, 0) is 16.0 Å². The maximum Gasteiger partial charge on any atom is 0.307 e. The van der Waals surface area contributed by atoms with Gasteiger partial charge in [-0.2, -0.15) is 0 Å². The first-order valence-electron chi connectivity index (χ1n) is 5.29. The van der Waals surface area contributed by atoms with E-state index in [2.05, 4.69) is 33.4 Å². The van der Waals surface area contributed by atoms with Crippen molar-refractivity contribution in [3.8, 4) is 0 Å². The van der Waals surface area contributed by atoms with Gasteiger partial charge in [0.05, 0.1) is 13.5 Å². The average Bonchev–Trinajstić information content (AvgIpc) is 2.29. The molecule has 1 aliphatic heterocycles. The Balaban J connectivity index is 2.24. The molecule has 1 aromatic carbocycles. The normalized spacial score (nSPS) is 19.0. The predicted molar refractivity (Wildman–Crippen MR) is 65.2 cm³/mol. The first-order chi connectivity index (χ1) is 7.70. The zero-order chi connectivity index (χ0) is 11.5. The fourth-order valence-electron chi connectivity index (χ4n) is 2.04. The van der Waals surface area contributed by atoms with E-state index in [1.54, 1.807) is 0 Å². The zero-order valence-corrected chi connectivity index (χ0v) is 10.7. The molecule has 1 aromatic rings. The Morgan fingerprint density at radius 2 is 2.44 bits per heavy atom. The molecule has 0 fully saturated rings. The fourth-order valence-corrected chi connectivity index (χ4v) is 2.42. The highest BCUT2D eigenvalue weighted by Crippen LogP contribution is 2.28. The first-order valence-corrected chi connectivity index (χ1v) is 6.08. The number of rotatable bonds is 2. The minimum absolute atomic E-state index is 0.0775. The molecule has 0 spiro atoms. The van der Waals surface area contributed by atoms with Gasteiger partial charge < -0.3 is 10.1 Å². The standard InChI is InChI=1S/C12H14BrNO2/c1-16-12(15)7-11-10-6-9(13)3-2-8(10)4-5-14-11/h2-3,6,11,14H,4-5,7H2,1H3. The van der Waals surface area contributed by atoms with Crippen molar-refractivity contribution in [2.75, 3.05) is 13.7 Å². The molecule has 1 aliphatic rings. The van der Waals surface area contributed by atoms with Crippen LogP contribution in [-0.4, -0.2) is 19.6 Å². The highest BCUT2D eigenvalue weighted by molar-refractivity contribution is 9.10. The lowest BCUT2D eigenvalue weighted by Crippen LogP contribution is -2.31. The van der Waals surface area contributed by atoms with Gasteiger partial charge >= 0.3 is 5.97 Å². The average molecular weight is 284 g/mol. The Hall–Kier alpha value is -0.870. The van der Waals surface area contributed by atoms with E-state index in [0.717, 1.165) is 17.4 Å². The fraction of sp³-hybridized carbons (Fsp3) is 0.417. The van der Waals surface area contributed by atoms with Crippen molar-refractivity contribution >= 4 is 21.9 Å². The van der Waals surface area contributed by atoms with E-state index in [0.29, 0.717) is 6.42 Å². The van der Waals surface area contributed by atoms with Gasteiger partial charge in [0.2, 0.25) is 0 Å². The van der Waals surface area contributed by atoms with E-state index < -0.39 is 0 Å². The molecule has 1 heterocycles. The number of benzene rings is 1. The van der Waals surface area contributed by atoms with Crippen LogP contribution in [0.3, 0.4) is 0 Å². The SMILES string of the molecule is COC(=O)CC1NCCc2ccc(Br)cc21. The molecule has 1 N–H and O–H groups in total. The predicted octanol–water partition coefficient (Wildman–Crippen LogP) is 2.20. The van der Waals surface area contributed by atoms with Gasteiger partial charge in [0.1, 0.15) is 0 Å². The molecule has 1 atom stereocenters. The smallest absolute Gasteiger partial charge is 0.307 e. The number of esters is 1. The second kappa shape index (κ2) is 4.97. The molecule has 0 aliphatic carbocycles. The second-order valence-electron chi connectivity index (χ2n) is 3.88. The number of fused-ring (bicyclic) bond motifs is 1. The van der Waals surface area contributed by atoms with Crippen molar-refractivity contribution in [1.82, 2.24) is 5.32 Å². The van der Waals surface area contributed by atoms with Gasteiger partial charge in [0.25, 0.3) is 0 Å². The van der Waals surface area contributed by atoms with Crippen LogP contribution in [0.25, 0.3) is 0 Å².